The van der Waals surface area contributed by atoms with Gasteiger partial charge in [-0.15, -0.1) is 0 Å². The Morgan fingerprint density at radius 1 is 1.09 bits per heavy atom. The Morgan fingerprint density at radius 2 is 1.89 bits per heavy atom. The SMILES string of the molecule is C[C@@H]1C[C@H](COc2ccc(CCCCCS(C)(=O)=O)cc2)CN1C1CCc2ccc(C#N)cc2C1. The lowest BCUT2D eigenvalue weighted by atomic mass is 9.86. The third-order valence-corrected chi connectivity index (χ3v) is 8.64. The monoisotopic (exact) mass is 494 g/mol. The van der Waals surface area contributed by atoms with Crippen LogP contribution in [0, 0.1) is 17.2 Å². The summed E-state index contributed by atoms with van der Waals surface area (Å²) >= 11 is 0. The van der Waals surface area contributed by atoms with E-state index in [0.29, 0.717) is 18.0 Å². The van der Waals surface area contributed by atoms with Crippen molar-refractivity contribution in [3.05, 3.63) is 64.7 Å². The van der Waals surface area contributed by atoms with E-state index in [1.54, 1.807) is 0 Å². The smallest absolute Gasteiger partial charge is 0.147 e. The van der Waals surface area contributed by atoms with Crippen LogP contribution in [0.15, 0.2) is 42.5 Å². The zero-order valence-corrected chi connectivity index (χ0v) is 21.9. The van der Waals surface area contributed by atoms with Gasteiger partial charge in [0.15, 0.2) is 0 Å². The minimum absolute atomic E-state index is 0.285. The zero-order valence-electron chi connectivity index (χ0n) is 21.1. The molecular weight excluding hydrogens is 456 g/mol. The van der Waals surface area contributed by atoms with E-state index in [1.807, 2.05) is 6.07 Å². The van der Waals surface area contributed by atoms with E-state index >= 15 is 0 Å². The molecule has 0 spiro atoms. The van der Waals surface area contributed by atoms with Crippen molar-refractivity contribution >= 4 is 9.84 Å². The number of nitrogens with zero attached hydrogens (tertiary/aromatic N) is 2. The number of nitriles is 1. The standard InChI is InChI=1S/C29H38N2O3S/c1-22-16-25(20-31(22)28-12-11-26-10-7-24(19-30)17-27(26)18-28)21-34-29-13-8-23(9-14-29)6-4-3-5-15-35(2,32)33/h7-10,13-14,17,22,25,28H,3-6,11-12,15-16,18,20-21H2,1-2H3/t22-,25+,28?/m1/s1. The number of hydrogen-bond acceptors (Lipinski definition) is 5. The molecule has 188 valence electrons. The van der Waals surface area contributed by atoms with Gasteiger partial charge in [0.05, 0.1) is 18.2 Å². The van der Waals surface area contributed by atoms with Gasteiger partial charge in [-0.3, -0.25) is 4.90 Å². The van der Waals surface area contributed by atoms with Gasteiger partial charge in [0.25, 0.3) is 0 Å². The molecule has 35 heavy (non-hydrogen) atoms. The molecule has 2 aromatic rings. The van der Waals surface area contributed by atoms with Gasteiger partial charge in [-0.05, 0) is 92.8 Å². The van der Waals surface area contributed by atoms with Crippen molar-refractivity contribution in [2.24, 2.45) is 5.92 Å². The molecule has 1 aliphatic heterocycles. The van der Waals surface area contributed by atoms with Gasteiger partial charge in [0.1, 0.15) is 15.6 Å². The molecular formula is C29H38N2O3S. The fourth-order valence-electron chi connectivity index (χ4n) is 5.73. The Morgan fingerprint density at radius 3 is 2.63 bits per heavy atom. The van der Waals surface area contributed by atoms with Crippen molar-refractivity contribution in [1.29, 1.82) is 5.26 Å². The topological polar surface area (TPSA) is 70.4 Å². The summed E-state index contributed by atoms with van der Waals surface area (Å²) in [5, 5.41) is 9.25. The Bertz CT molecular complexity index is 1140. The predicted octanol–water partition coefficient (Wildman–Crippen LogP) is 4.96. The van der Waals surface area contributed by atoms with Crippen molar-refractivity contribution in [2.75, 3.05) is 25.2 Å². The number of unbranched alkanes of at least 4 members (excludes halogenated alkanes) is 2. The van der Waals surface area contributed by atoms with Crippen molar-refractivity contribution in [3.63, 3.8) is 0 Å². The molecule has 0 radical (unpaired) electrons. The highest BCUT2D eigenvalue weighted by Gasteiger charge is 2.35. The second kappa shape index (κ2) is 11.6. The number of benzene rings is 2. The molecule has 0 amide bonds. The number of sulfone groups is 1. The molecule has 3 atom stereocenters. The first kappa shape index (κ1) is 25.7. The van der Waals surface area contributed by atoms with E-state index in [0.717, 1.165) is 69.4 Å². The number of ether oxygens (including phenoxy) is 1. The highest BCUT2D eigenvalue weighted by molar-refractivity contribution is 7.90. The molecule has 5 nitrogen and oxygen atoms in total. The number of fused-ring (bicyclic) bond motifs is 1. The average molecular weight is 495 g/mol. The summed E-state index contributed by atoms with van der Waals surface area (Å²) in [7, 11) is -2.85. The lowest BCUT2D eigenvalue weighted by molar-refractivity contribution is 0.164. The van der Waals surface area contributed by atoms with E-state index in [9.17, 15) is 13.7 Å². The Hall–Kier alpha value is -2.36. The van der Waals surface area contributed by atoms with Gasteiger partial charge in [0.2, 0.25) is 0 Å². The van der Waals surface area contributed by atoms with Crippen LogP contribution in [0.5, 0.6) is 5.75 Å². The summed E-state index contributed by atoms with van der Waals surface area (Å²) in [6, 6.07) is 17.9. The minimum atomic E-state index is -2.85. The second-order valence-corrected chi connectivity index (χ2v) is 12.8. The molecule has 1 heterocycles. The van der Waals surface area contributed by atoms with Crippen LogP contribution in [0.3, 0.4) is 0 Å². The van der Waals surface area contributed by atoms with Crippen LogP contribution in [0.4, 0.5) is 0 Å². The van der Waals surface area contributed by atoms with Gasteiger partial charge >= 0.3 is 0 Å². The summed E-state index contributed by atoms with van der Waals surface area (Å²) in [5.74, 6) is 1.74. The fraction of sp³-hybridized carbons (Fsp3) is 0.552. The summed E-state index contributed by atoms with van der Waals surface area (Å²) < 4.78 is 28.6. The molecule has 2 aliphatic rings. The highest BCUT2D eigenvalue weighted by atomic mass is 32.2. The van der Waals surface area contributed by atoms with Gasteiger partial charge < -0.3 is 4.74 Å². The Labute approximate surface area is 211 Å². The van der Waals surface area contributed by atoms with Crippen LogP contribution in [0.25, 0.3) is 0 Å². The quantitative estimate of drug-likeness (QED) is 0.437. The normalized spacial score (nSPS) is 22.5. The molecule has 2 aromatic carbocycles. The third-order valence-electron chi connectivity index (χ3n) is 7.61. The molecule has 4 rings (SSSR count). The van der Waals surface area contributed by atoms with Crippen LogP contribution in [-0.2, 0) is 29.1 Å². The third kappa shape index (κ3) is 7.32. The lowest BCUT2D eigenvalue weighted by Crippen LogP contribution is -2.41. The number of hydrogen-bond donors (Lipinski definition) is 0. The van der Waals surface area contributed by atoms with Crippen LogP contribution in [0.1, 0.15) is 61.3 Å². The van der Waals surface area contributed by atoms with Crippen LogP contribution < -0.4 is 4.74 Å². The molecule has 0 bridgehead atoms. The molecule has 0 N–H and O–H groups in total. The predicted molar refractivity (Wildman–Crippen MR) is 140 cm³/mol. The van der Waals surface area contributed by atoms with E-state index < -0.39 is 9.84 Å². The maximum Gasteiger partial charge on any atom is 0.147 e. The summed E-state index contributed by atoms with van der Waals surface area (Å²) in [5.41, 5.74) is 4.80. The molecule has 1 unspecified atom stereocenters. The molecule has 6 heteroatoms. The van der Waals surface area contributed by atoms with Gasteiger partial charge in [-0.2, -0.15) is 5.26 Å². The zero-order chi connectivity index (χ0) is 24.8. The molecule has 1 saturated heterocycles. The van der Waals surface area contributed by atoms with Crippen molar-refractivity contribution in [2.45, 2.75) is 70.4 Å². The van der Waals surface area contributed by atoms with E-state index in [2.05, 4.69) is 54.3 Å². The van der Waals surface area contributed by atoms with Gasteiger partial charge in [0, 0.05) is 36.6 Å². The van der Waals surface area contributed by atoms with Crippen molar-refractivity contribution < 1.29 is 13.2 Å². The Balaban J connectivity index is 1.21. The second-order valence-electron chi connectivity index (χ2n) is 10.5. The largest absolute Gasteiger partial charge is 0.493 e. The van der Waals surface area contributed by atoms with Crippen LogP contribution in [-0.4, -0.2) is 50.6 Å². The van der Waals surface area contributed by atoms with E-state index in [-0.39, 0.29) is 5.75 Å². The summed E-state index contributed by atoms with van der Waals surface area (Å²) in [6.07, 6.45) is 9.45. The minimum Gasteiger partial charge on any atom is -0.493 e. The van der Waals surface area contributed by atoms with E-state index in [4.69, 9.17) is 4.74 Å². The number of aryl methyl sites for hydroxylation is 2. The fourth-order valence-corrected chi connectivity index (χ4v) is 6.46. The average Bonchev–Trinajstić information content (AvgIpc) is 3.22. The van der Waals surface area contributed by atoms with Crippen molar-refractivity contribution in [1.82, 2.24) is 4.90 Å². The van der Waals surface area contributed by atoms with Crippen LogP contribution in [0.2, 0.25) is 0 Å². The first-order valence-electron chi connectivity index (χ1n) is 13.0. The first-order valence-corrected chi connectivity index (χ1v) is 15.0. The number of likely N-dealkylation sites (tertiary alicyclic amines) is 1. The van der Waals surface area contributed by atoms with E-state index in [1.165, 1.54) is 29.4 Å². The summed E-state index contributed by atoms with van der Waals surface area (Å²) in [6.45, 7) is 4.16. The van der Waals surface area contributed by atoms with Crippen molar-refractivity contribution in [3.8, 4) is 11.8 Å². The lowest BCUT2D eigenvalue weighted by Gasteiger charge is -2.35. The van der Waals surface area contributed by atoms with Gasteiger partial charge in [-0.1, -0.05) is 24.6 Å². The maximum atomic E-state index is 11.2. The van der Waals surface area contributed by atoms with Gasteiger partial charge in [-0.25, -0.2) is 8.42 Å². The molecule has 1 fully saturated rings. The molecule has 0 aromatic heterocycles. The maximum absolute atomic E-state index is 11.2. The van der Waals surface area contributed by atoms with Crippen LogP contribution >= 0.6 is 0 Å². The molecule has 0 saturated carbocycles. The first-order chi connectivity index (χ1) is 16.8. The number of rotatable bonds is 10. The summed E-state index contributed by atoms with van der Waals surface area (Å²) in [4.78, 5) is 2.67. The highest BCUT2D eigenvalue weighted by Crippen LogP contribution is 2.32. The molecule has 1 aliphatic carbocycles. The Kier molecular flexibility index (Phi) is 8.51.